The maximum absolute atomic E-state index is 13.1. The van der Waals surface area contributed by atoms with Crippen molar-refractivity contribution >= 4 is 28.9 Å². The number of aromatic nitrogens is 1. The second-order valence-electron chi connectivity index (χ2n) is 8.26. The number of nitrogens with one attached hydrogen (secondary N) is 1. The summed E-state index contributed by atoms with van der Waals surface area (Å²) in [6, 6.07) is 15.5. The van der Waals surface area contributed by atoms with Crippen molar-refractivity contribution < 1.29 is 24.2 Å². The highest BCUT2D eigenvalue weighted by Gasteiger charge is 2.23. The topological polar surface area (TPSA) is 101 Å². The number of ether oxygens (including phenoxy) is 1. The van der Waals surface area contributed by atoms with Crippen LogP contribution in [0.3, 0.4) is 0 Å². The second-order valence-corrected chi connectivity index (χ2v) is 8.26. The van der Waals surface area contributed by atoms with E-state index in [9.17, 15) is 9.59 Å². The number of carboxylic acid groups (broad SMARTS) is 1. The van der Waals surface area contributed by atoms with E-state index >= 15 is 0 Å². The van der Waals surface area contributed by atoms with Crippen LogP contribution < -0.4 is 5.32 Å². The quantitative estimate of drug-likeness (QED) is 0.597. The fourth-order valence-corrected chi connectivity index (χ4v) is 3.72. The predicted molar refractivity (Wildman–Crippen MR) is 126 cm³/mol. The van der Waals surface area contributed by atoms with Crippen molar-refractivity contribution in [1.29, 1.82) is 0 Å². The van der Waals surface area contributed by atoms with Crippen LogP contribution in [0.2, 0.25) is 0 Å². The Bertz CT molecular complexity index is 1130. The number of hydrogen-bond acceptors (Lipinski definition) is 5. The second kappa shape index (κ2) is 10.8. The number of amides is 1. The monoisotopic (exact) mass is 451 g/mol. The lowest BCUT2D eigenvalue weighted by Crippen LogP contribution is -2.28. The van der Waals surface area contributed by atoms with E-state index < -0.39 is 5.97 Å². The van der Waals surface area contributed by atoms with E-state index in [4.69, 9.17) is 14.6 Å². The van der Waals surface area contributed by atoms with Gasteiger partial charge in [0.25, 0.3) is 11.9 Å². The van der Waals surface area contributed by atoms with Crippen molar-refractivity contribution in [1.82, 2.24) is 14.8 Å². The molecule has 3 aromatic rings. The highest BCUT2D eigenvalue weighted by Crippen LogP contribution is 2.25. The molecule has 0 spiro atoms. The molecule has 1 fully saturated rings. The summed E-state index contributed by atoms with van der Waals surface area (Å²) in [6.07, 6.45) is 3.16. The van der Waals surface area contributed by atoms with Crippen molar-refractivity contribution in [3.05, 3.63) is 71.4 Å². The number of carbonyl (C=O) groups excluding carboxylic acids is 2. The van der Waals surface area contributed by atoms with E-state index in [1.807, 2.05) is 62.8 Å². The zero-order chi connectivity index (χ0) is 24.0. The van der Waals surface area contributed by atoms with Crippen LogP contribution in [0.1, 0.15) is 28.4 Å². The van der Waals surface area contributed by atoms with E-state index in [1.54, 1.807) is 4.57 Å². The first kappa shape index (κ1) is 24.0. The molecule has 8 nitrogen and oxygen atoms in total. The Morgan fingerprint density at radius 2 is 1.88 bits per heavy atom. The molecule has 1 aliphatic rings. The van der Waals surface area contributed by atoms with Crippen LogP contribution >= 0.6 is 0 Å². The number of aliphatic carboxylic acids is 1. The Balaban J connectivity index is 0.000000709. The average Bonchev–Trinajstić information content (AvgIpc) is 3.35. The number of carboxylic acids is 1. The largest absolute Gasteiger partial charge is 0.481 e. The fourth-order valence-electron chi connectivity index (χ4n) is 3.72. The first-order chi connectivity index (χ1) is 15.7. The number of rotatable bonds is 6. The highest BCUT2D eigenvalue weighted by molar-refractivity contribution is 6.03. The number of likely N-dealkylation sites (N-methyl/N-ethyl adjacent to an activating group) is 1. The standard InChI is InChI=1S/C23H25N3O3.C2H4O2/c1-25(2)11-10-18-14-26(22(27)17-6-4-3-5-7-17)21-9-8-16(13-20(18)21)12-19-15-29-23(28)24-19;1-2(3)4/h3-9,13-14,19H,10-12,15H2,1-2H3,(H,24,28);1H3,(H,3,4). The van der Waals surface area contributed by atoms with Crippen LogP contribution in [0, 0.1) is 0 Å². The fraction of sp³-hybridized carbons (Fsp3) is 0.320. The van der Waals surface area contributed by atoms with Gasteiger partial charge in [0.1, 0.15) is 6.61 Å². The summed E-state index contributed by atoms with van der Waals surface area (Å²) in [4.78, 5) is 35.5. The van der Waals surface area contributed by atoms with E-state index in [2.05, 4.69) is 16.3 Å². The van der Waals surface area contributed by atoms with Gasteiger partial charge in [-0.25, -0.2) is 4.79 Å². The molecule has 2 aromatic carbocycles. The first-order valence-corrected chi connectivity index (χ1v) is 10.7. The van der Waals surface area contributed by atoms with Gasteiger partial charge in [-0.2, -0.15) is 0 Å². The van der Waals surface area contributed by atoms with Crippen LogP contribution in [0.4, 0.5) is 4.79 Å². The number of fused-ring (bicyclic) bond motifs is 1. The lowest BCUT2D eigenvalue weighted by atomic mass is 10.0. The molecule has 1 aliphatic heterocycles. The molecule has 174 valence electrons. The van der Waals surface area contributed by atoms with Crippen LogP contribution in [0.15, 0.2) is 54.7 Å². The normalized spacial score (nSPS) is 15.0. The molecule has 33 heavy (non-hydrogen) atoms. The van der Waals surface area contributed by atoms with Crippen molar-refractivity contribution in [2.24, 2.45) is 0 Å². The zero-order valence-corrected chi connectivity index (χ0v) is 19.1. The minimum atomic E-state index is -0.833. The summed E-state index contributed by atoms with van der Waals surface area (Å²) < 4.78 is 6.74. The van der Waals surface area contributed by atoms with Crippen LogP contribution in [-0.2, 0) is 22.4 Å². The maximum Gasteiger partial charge on any atom is 0.407 e. The van der Waals surface area contributed by atoms with Crippen molar-refractivity contribution in [2.75, 3.05) is 27.2 Å². The molecule has 0 radical (unpaired) electrons. The molecular weight excluding hydrogens is 422 g/mol. The summed E-state index contributed by atoms with van der Waals surface area (Å²) in [5.74, 6) is -0.865. The molecule has 1 amide bonds. The van der Waals surface area contributed by atoms with Crippen molar-refractivity contribution in [3.8, 4) is 0 Å². The molecule has 1 unspecified atom stereocenters. The summed E-state index contributed by atoms with van der Waals surface area (Å²) in [6.45, 7) is 2.37. The van der Waals surface area contributed by atoms with Gasteiger partial charge in [0.2, 0.25) is 0 Å². The summed E-state index contributed by atoms with van der Waals surface area (Å²) in [5, 5.41) is 11.3. The number of benzene rings is 2. The van der Waals surface area contributed by atoms with Crippen LogP contribution in [0.5, 0.6) is 0 Å². The Labute approximate surface area is 192 Å². The number of hydrogen-bond donors (Lipinski definition) is 2. The van der Waals surface area contributed by atoms with E-state index in [-0.39, 0.29) is 18.0 Å². The average molecular weight is 452 g/mol. The number of cyclic esters (lactones) is 1. The van der Waals surface area contributed by atoms with Gasteiger partial charge in [-0.15, -0.1) is 0 Å². The Hall–Kier alpha value is -3.65. The minimum absolute atomic E-state index is 0.0155. The van der Waals surface area contributed by atoms with Crippen LogP contribution in [0.25, 0.3) is 10.9 Å². The first-order valence-electron chi connectivity index (χ1n) is 10.7. The predicted octanol–water partition coefficient (Wildman–Crippen LogP) is 3.18. The van der Waals surface area contributed by atoms with E-state index in [0.29, 0.717) is 18.6 Å². The molecule has 0 aliphatic carbocycles. The molecule has 0 bridgehead atoms. The SMILES string of the molecule is CC(=O)O.CN(C)CCc1cn(C(=O)c2ccccc2)c2ccc(CC3COC(=O)N3)cc12. The summed E-state index contributed by atoms with van der Waals surface area (Å²) in [7, 11) is 4.09. The van der Waals surface area contributed by atoms with Gasteiger partial charge in [-0.3, -0.25) is 14.2 Å². The molecule has 1 atom stereocenters. The van der Waals surface area contributed by atoms with Crippen molar-refractivity contribution in [2.45, 2.75) is 25.8 Å². The van der Waals surface area contributed by atoms with Gasteiger partial charge in [-0.1, -0.05) is 24.3 Å². The summed E-state index contributed by atoms with van der Waals surface area (Å²) in [5.41, 5.74) is 3.83. The molecule has 1 aromatic heterocycles. The molecule has 4 rings (SSSR count). The lowest BCUT2D eigenvalue weighted by Gasteiger charge is -2.10. The highest BCUT2D eigenvalue weighted by atomic mass is 16.6. The van der Waals surface area contributed by atoms with E-state index in [1.165, 1.54) is 0 Å². The van der Waals surface area contributed by atoms with Gasteiger partial charge in [0.15, 0.2) is 0 Å². The smallest absolute Gasteiger partial charge is 0.407 e. The number of alkyl carbamates (subject to hydrolysis) is 1. The third-order valence-electron chi connectivity index (χ3n) is 5.24. The number of carbonyl (C=O) groups is 3. The summed E-state index contributed by atoms with van der Waals surface area (Å²) >= 11 is 0. The van der Waals surface area contributed by atoms with Gasteiger partial charge in [0.05, 0.1) is 11.6 Å². The van der Waals surface area contributed by atoms with Gasteiger partial charge in [-0.05, 0) is 62.3 Å². The van der Waals surface area contributed by atoms with Crippen LogP contribution in [-0.4, -0.2) is 65.8 Å². The lowest BCUT2D eigenvalue weighted by molar-refractivity contribution is -0.134. The maximum atomic E-state index is 13.1. The Morgan fingerprint density at radius 1 is 1.18 bits per heavy atom. The third kappa shape index (κ3) is 6.43. The van der Waals surface area contributed by atoms with Crippen molar-refractivity contribution in [3.63, 3.8) is 0 Å². The Morgan fingerprint density at radius 3 is 2.48 bits per heavy atom. The Kier molecular flexibility index (Phi) is 7.84. The number of nitrogens with zero attached hydrogens (tertiary/aromatic N) is 2. The molecule has 8 heteroatoms. The molecule has 0 saturated carbocycles. The van der Waals surface area contributed by atoms with Gasteiger partial charge in [0, 0.05) is 30.6 Å². The third-order valence-corrected chi connectivity index (χ3v) is 5.24. The molecular formula is C25H29N3O5. The zero-order valence-electron chi connectivity index (χ0n) is 19.1. The van der Waals surface area contributed by atoms with Gasteiger partial charge < -0.3 is 20.1 Å². The minimum Gasteiger partial charge on any atom is -0.481 e. The molecule has 2 N–H and O–H groups in total. The molecule has 2 heterocycles. The van der Waals surface area contributed by atoms with Gasteiger partial charge >= 0.3 is 6.09 Å². The molecule has 1 saturated heterocycles. The van der Waals surface area contributed by atoms with E-state index in [0.717, 1.165) is 41.9 Å².